The zero-order chi connectivity index (χ0) is 19.1. The van der Waals surface area contributed by atoms with Gasteiger partial charge in [-0.15, -0.1) is 0 Å². The van der Waals surface area contributed by atoms with E-state index in [9.17, 15) is 10.3 Å². The van der Waals surface area contributed by atoms with Crippen molar-refractivity contribution in [2.45, 2.75) is 12.3 Å². The molecule has 0 unspecified atom stereocenters. The molecule has 3 aromatic carbocycles. The Bertz CT molecular complexity index is 851. The largest absolute Gasteiger partial charge is 0.457 e. The van der Waals surface area contributed by atoms with Gasteiger partial charge in [-0.05, 0) is 23.6 Å². The number of carbonyl (C=O) groups is 1. The lowest BCUT2D eigenvalue weighted by atomic mass is 9.66. The van der Waals surface area contributed by atoms with E-state index in [-0.39, 0.29) is 12.3 Å². The molecule has 0 fully saturated rings. The van der Waals surface area contributed by atoms with Crippen LogP contribution >= 0.6 is 0 Å². The first-order chi connectivity index (χ1) is 13.2. The Kier molecular flexibility index (Phi) is 5.60. The van der Waals surface area contributed by atoms with E-state index in [1.54, 1.807) is 6.92 Å². The fourth-order valence-electron chi connectivity index (χ4n) is 3.44. The van der Waals surface area contributed by atoms with Crippen LogP contribution in [0.2, 0.25) is 0 Å². The zero-order valence-electron chi connectivity index (χ0n) is 15.1. The molecule has 3 aromatic rings. The van der Waals surface area contributed by atoms with Crippen LogP contribution in [0.4, 0.5) is 0 Å². The van der Waals surface area contributed by atoms with E-state index < -0.39 is 11.4 Å². The Morgan fingerprint density at radius 2 is 1.19 bits per heavy atom. The van der Waals surface area contributed by atoms with E-state index >= 15 is 0 Å². The van der Waals surface area contributed by atoms with Crippen LogP contribution in [-0.4, -0.2) is 23.1 Å². The zero-order valence-corrected chi connectivity index (χ0v) is 15.1. The third-order valence-corrected chi connectivity index (χ3v) is 4.54. The van der Waals surface area contributed by atoms with E-state index in [2.05, 4.69) is 4.79 Å². The summed E-state index contributed by atoms with van der Waals surface area (Å²) >= 11 is 0. The third kappa shape index (κ3) is 3.31. The van der Waals surface area contributed by atoms with Crippen molar-refractivity contribution in [2.75, 3.05) is 6.61 Å². The summed E-state index contributed by atoms with van der Waals surface area (Å²) in [5.74, 6) is -0.656. The highest BCUT2D eigenvalue weighted by molar-refractivity contribution is 6.39. The molecule has 0 amide bonds. The van der Waals surface area contributed by atoms with Gasteiger partial charge in [0.25, 0.3) is 0 Å². The summed E-state index contributed by atoms with van der Waals surface area (Å²) in [5.41, 5.74) is 11.2. The second-order valence-corrected chi connectivity index (χ2v) is 6.02. The summed E-state index contributed by atoms with van der Waals surface area (Å²) in [6.07, 6.45) is 0. The topological polar surface area (TPSA) is 62.7 Å². The van der Waals surface area contributed by atoms with Gasteiger partial charge in [-0.2, -0.15) is 4.79 Å². The van der Waals surface area contributed by atoms with Crippen LogP contribution in [0.1, 0.15) is 23.6 Å². The van der Waals surface area contributed by atoms with Gasteiger partial charge in [0.2, 0.25) is 0 Å². The molecule has 0 spiro atoms. The van der Waals surface area contributed by atoms with Crippen molar-refractivity contribution in [1.82, 2.24) is 0 Å². The number of ether oxygens (including phenoxy) is 1. The number of rotatable bonds is 6. The van der Waals surface area contributed by atoms with Crippen LogP contribution in [0.25, 0.3) is 5.53 Å². The molecule has 4 heteroatoms. The predicted molar refractivity (Wildman–Crippen MR) is 104 cm³/mol. The van der Waals surface area contributed by atoms with E-state index in [4.69, 9.17) is 4.74 Å². The van der Waals surface area contributed by atoms with E-state index in [1.165, 1.54) is 0 Å². The average Bonchev–Trinajstić information content (AvgIpc) is 2.74. The van der Waals surface area contributed by atoms with Crippen LogP contribution in [0.15, 0.2) is 91.0 Å². The molecule has 0 atom stereocenters. The van der Waals surface area contributed by atoms with Gasteiger partial charge in [0.05, 0.1) is 6.61 Å². The van der Waals surface area contributed by atoms with Crippen molar-refractivity contribution >= 4 is 11.7 Å². The van der Waals surface area contributed by atoms with Gasteiger partial charge < -0.3 is 10.3 Å². The van der Waals surface area contributed by atoms with Crippen molar-refractivity contribution in [3.8, 4) is 0 Å². The molecule has 0 saturated heterocycles. The Morgan fingerprint density at radius 1 is 0.815 bits per heavy atom. The normalized spacial score (nSPS) is 10.7. The van der Waals surface area contributed by atoms with E-state index in [0.717, 1.165) is 16.7 Å². The fraction of sp³-hybridized carbons (Fsp3) is 0.130. The Hall–Kier alpha value is -3.49. The van der Waals surface area contributed by atoms with Crippen molar-refractivity contribution in [2.24, 2.45) is 0 Å². The molecule has 0 N–H and O–H groups in total. The Morgan fingerprint density at radius 3 is 1.48 bits per heavy atom. The highest BCUT2D eigenvalue weighted by Crippen LogP contribution is 2.40. The van der Waals surface area contributed by atoms with Gasteiger partial charge >= 0.3 is 11.7 Å². The summed E-state index contributed by atoms with van der Waals surface area (Å²) in [7, 11) is 0. The summed E-state index contributed by atoms with van der Waals surface area (Å²) in [6, 6.07) is 28.6. The van der Waals surface area contributed by atoms with Crippen LogP contribution < -0.4 is 0 Å². The summed E-state index contributed by atoms with van der Waals surface area (Å²) in [5, 5.41) is 0. The lowest BCUT2D eigenvalue weighted by Crippen LogP contribution is -2.44. The van der Waals surface area contributed by atoms with Crippen molar-refractivity contribution in [1.29, 1.82) is 0 Å². The highest BCUT2D eigenvalue weighted by atomic mass is 16.5. The fourth-order valence-corrected chi connectivity index (χ4v) is 3.44. The maximum absolute atomic E-state index is 12.8. The molecule has 0 bridgehead atoms. The molecule has 0 saturated carbocycles. The first kappa shape index (κ1) is 18.3. The van der Waals surface area contributed by atoms with Crippen molar-refractivity contribution in [3.63, 3.8) is 0 Å². The molecule has 27 heavy (non-hydrogen) atoms. The van der Waals surface area contributed by atoms with Crippen molar-refractivity contribution < 1.29 is 14.3 Å². The molecular weight excluding hydrogens is 336 g/mol. The minimum atomic E-state index is -1.11. The minimum Gasteiger partial charge on any atom is -0.457 e. The van der Waals surface area contributed by atoms with Gasteiger partial charge in [0.15, 0.2) is 5.41 Å². The maximum Gasteiger partial charge on any atom is 0.418 e. The first-order valence-electron chi connectivity index (χ1n) is 8.81. The third-order valence-electron chi connectivity index (χ3n) is 4.54. The second kappa shape index (κ2) is 8.26. The van der Waals surface area contributed by atoms with Crippen molar-refractivity contribution in [3.05, 3.63) is 113 Å². The number of carbonyl (C=O) groups excluding carboxylic acids is 1. The van der Waals surface area contributed by atoms with Crippen LogP contribution in [0, 0.1) is 0 Å². The van der Waals surface area contributed by atoms with Gasteiger partial charge in [-0.3, -0.25) is 0 Å². The molecule has 3 rings (SSSR count). The highest BCUT2D eigenvalue weighted by Gasteiger charge is 2.52. The van der Waals surface area contributed by atoms with Crippen LogP contribution in [-0.2, 0) is 14.9 Å². The van der Waals surface area contributed by atoms with Gasteiger partial charge in [0.1, 0.15) is 0 Å². The molecule has 0 aliphatic carbocycles. The summed E-state index contributed by atoms with van der Waals surface area (Å²) in [6.45, 7) is 1.91. The summed E-state index contributed by atoms with van der Waals surface area (Å²) in [4.78, 5) is 16.3. The van der Waals surface area contributed by atoms with Crippen LogP contribution in [0.5, 0.6) is 0 Å². The van der Waals surface area contributed by atoms with Gasteiger partial charge in [-0.1, -0.05) is 91.0 Å². The summed E-state index contributed by atoms with van der Waals surface area (Å²) < 4.78 is 5.24. The lowest BCUT2D eigenvalue weighted by Gasteiger charge is -2.30. The standard InChI is InChI=1S/C23H20N2O2/c1-2-27-22(26)21(25-24)23(18-12-6-3-7-13-18,19-14-8-4-9-15-19)20-16-10-5-11-17-20/h3-17H,2H2,1H3. The molecule has 0 aliphatic rings. The maximum atomic E-state index is 12.8. The number of hydrogen-bond donors (Lipinski definition) is 0. The molecular formula is C23H20N2O2. The van der Waals surface area contributed by atoms with E-state index in [0.29, 0.717) is 0 Å². The smallest absolute Gasteiger partial charge is 0.418 e. The minimum absolute atomic E-state index is 0.0760. The molecule has 0 aromatic heterocycles. The molecule has 0 aliphatic heterocycles. The number of nitrogens with zero attached hydrogens (tertiary/aromatic N) is 2. The van der Waals surface area contributed by atoms with E-state index in [1.807, 2.05) is 91.0 Å². The monoisotopic (exact) mass is 356 g/mol. The first-order valence-corrected chi connectivity index (χ1v) is 8.81. The number of esters is 1. The van der Waals surface area contributed by atoms with Gasteiger partial charge in [-0.25, -0.2) is 4.79 Å². The number of benzene rings is 3. The molecule has 4 nitrogen and oxygen atoms in total. The van der Waals surface area contributed by atoms with Crippen LogP contribution in [0.3, 0.4) is 0 Å². The van der Waals surface area contributed by atoms with Gasteiger partial charge in [0, 0.05) is 0 Å². The Labute approximate surface area is 158 Å². The Balaban J connectivity index is 2.43. The molecule has 0 heterocycles. The predicted octanol–water partition coefficient (Wildman–Crippen LogP) is 4.25. The quantitative estimate of drug-likeness (QED) is 0.218. The molecule has 0 radical (unpaired) electrons. The lowest BCUT2D eigenvalue weighted by molar-refractivity contribution is -0.140. The molecule has 134 valence electrons. The second-order valence-electron chi connectivity index (χ2n) is 6.02. The SMILES string of the molecule is CCOC(=O)C(=[N+]=[N-])C(c1ccccc1)(c1ccccc1)c1ccccc1. The average molecular weight is 356 g/mol. The number of hydrogen-bond acceptors (Lipinski definition) is 2.